The Morgan fingerprint density at radius 3 is 2.88 bits per heavy atom. The Kier molecular flexibility index (Phi) is 2.76. The molecule has 1 unspecified atom stereocenters. The lowest BCUT2D eigenvalue weighted by molar-refractivity contribution is 1.01. The zero-order valence-electron chi connectivity index (χ0n) is 10.0. The number of hydrogen-bond donors (Lipinski definition) is 0. The Morgan fingerprint density at radius 2 is 2.06 bits per heavy atom. The fourth-order valence-corrected chi connectivity index (χ4v) is 2.73. The Balaban J connectivity index is 2.04. The topological polar surface area (TPSA) is 12.4 Å². The van der Waals surface area contributed by atoms with Crippen LogP contribution in [0.3, 0.4) is 0 Å². The number of benzene rings is 1. The fraction of sp³-hybridized carbons (Fsp3) is 0.214. The van der Waals surface area contributed by atoms with Gasteiger partial charge in [-0.2, -0.15) is 0 Å². The normalized spacial score (nSPS) is 17.9. The van der Waals surface area contributed by atoms with Crippen molar-refractivity contribution in [2.24, 2.45) is 4.99 Å². The Labute approximate surface area is 105 Å². The number of hydrogen-bond acceptors (Lipinski definition) is 1. The van der Waals surface area contributed by atoms with Crippen molar-refractivity contribution in [1.82, 2.24) is 0 Å². The smallest absolute Gasteiger partial charge is 0.219 e. The van der Waals surface area contributed by atoms with Gasteiger partial charge in [-0.15, -0.1) is 9.24 Å². The lowest BCUT2D eigenvalue weighted by Crippen LogP contribution is -2.11. The van der Waals surface area contributed by atoms with E-state index in [-0.39, 0.29) is 0 Å². The van der Waals surface area contributed by atoms with Crippen LogP contribution < -0.4 is 5.30 Å². The van der Waals surface area contributed by atoms with Gasteiger partial charge in [0, 0.05) is 5.61 Å². The SMILES string of the molecule is Cc1ccc(P)cc1C1=NC2=CCCC=C2B1. The first-order chi connectivity index (χ1) is 8.24. The van der Waals surface area contributed by atoms with Gasteiger partial charge < -0.3 is 0 Å². The summed E-state index contributed by atoms with van der Waals surface area (Å²) < 4.78 is 0. The molecule has 0 aromatic heterocycles. The molecule has 0 radical (unpaired) electrons. The molecule has 0 bridgehead atoms. The van der Waals surface area contributed by atoms with E-state index in [1.165, 1.54) is 39.6 Å². The molecule has 84 valence electrons. The molecule has 0 fully saturated rings. The van der Waals surface area contributed by atoms with Crippen molar-refractivity contribution >= 4 is 27.4 Å². The lowest BCUT2D eigenvalue weighted by Gasteiger charge is -2.05. The van der Waals surface area contributed by atoms with E-state index >= 15 is 0 Å². The lowest BCUT2D eigenvalue weighted by atomic mass is 9.63. The van der Waals surface area contributed by atoms with Crippen LogP contribution in [-0.4, -0.2) is 12.9 Å². The Bertz CT molecular complexity index is 570. The van der Waals surface area contributed by atoms with E-state index in [2.05, 4.69) is 46.5 Å². The first-order valence-electron chi connectivity index (χ1n) is 6.07. The highest BCUT2D eigenvalue weighted by atomic mass is 31.0. The molecule has 1 aromatic rings. The molecule has 0 amide bonds. The highest BCUT2D eigenvalue weighted by Gasteiger charge is 2.22. The van der Waals surface area contributed by atoms with E-state index in [0.29, 0.717) is 0 Å². The second kappa shape index (κ2) is 4.27. The minimum Gasteiger partial charge on any atom is -0.264 e. The summed E-state index contributed by atoms with van der Waals surface area (Å²) >= 11 is 0. The van der Waals surface area contributed by atoms with Gasteiger partial charge in [0.05, 0.1) is 5.70 Å². The van der Waals surface area contributed by atoms with Crippen LogP contribution in [0, 0.1) is 6.92 Å². The largest absolute Gasteiger partial charge is 0.264 e. The predicted molar refractivity (Wildman–Crippen MR) is 79.6 cm³/mol. The first-order valence-corrected chi connectivity index (χ1v) is 6.65. The Morgan fingerprint density at radius 1 is 1.24 bits per heavy atom. The highest BCUT2D eigenvalue weighted by molar-refractivity contribution is 7.27. The van der Waals surface area contributed by atoms with Crippen molar-refractivity contribution in [2.45, 2.75) is 19.8 Å². The van der Waals surface area contributed by atoms with Crippen LogP contribution in [-0.2, 0) is 0 Å². The van der Waals surface area contributed by atoms with E-state index in [4.69, 9.17) is 4.99 Å². The zero-order valence-corrected chi connectivity index (χ0v) is 11.2. The molecule has 0 saturated carbocycles. The molecule has 0 spiro atoms. The number of fused-ring (bicyclic) bond motifs is 1. The number of rotatable bonds is 1. The first kappa shape index (κ1) is 11.0. The maximum atomic E-state index is 4.78. The second-order valence-electron chi connectivity index (χ2n) is 4.71. The van der Waals surface area contributed by atoms with E-state index < -0.39 is 0 Å². The molecule has 1 aliphatic carbocycles. The third-order valence-electron chi connectivity index (χ3n) is 3.41. The average molecular weight is 239 g/mol. The summed E-state index contributed by atoms with van der Waals surface area (Å²) in [6.07, 6.45) is 6.91. The van der Waals surface area contributed by atoms with Crippen molar-refractivity contribution in [3.63, 3.8) is 0 Å². The van der Waals surface area contributed by atoms with Gasteiger partial charge in [-0.3, -0.25) is 4.99 Å². The molecule has 1 atom stereocenters. The van der Waals surface area contributed by atoms with Crippen LogP contribution in [0.15, 0.2) is 46.5 Å². The summed E-state index contributed by atoms with van der Waals surface area (Å²) in [7, 11) is 3.76. The molecule has 1 nitrogen and oxygen atoms in total. The summed E-state index contributed by atoms with van der Waals surface area (Å²) in [5.74, 6) is 0. The fourth-order valence-electron chi connectivity index (χ4n) is 2.46. The number of allylic oxidation sites excluding steroid dienone is 3. The molecule has 2 aliphatic rings. The van der Waals surface area contributed by atoms with Gasteiger partial charge in [-0.25, -0.2) is 0 Å². The minimum absolute atomic E-state index is 1.00. The van der Waals surface area contributed by atoms with E-state index in [9.17, 15) is 0 Å². The van der Waals surface area contributed by atoms with Crippen molar-refractivity contribution < 1.29 is 0 Å². The van der Waals surface area contributed by atoms with Crippen molar-refractivity contribution in [1.29, 1.82) is 0 Å². The maximum absolute atomic E-state index is 4.78. The van der Waals surface area contributed by atoms with Gasteiger partial charge in [0.1, 0.15) is 0 Å². The van der Waals surface area contributed by atoms with Gasteiger partial charge >= 0.3 is 0 Å². The van der Waals surface area contributed by atoms with Crippen LogP contribution in [0.2, 0.25) is 0 Å². The Hall–Kier alpha value is -1.14. The highest BCUT2D eigenvalue weighted by Crippen LogP contribution is 2.26. The van der Waals surface area contributed by atoms with Gasteiger partial charge in [-0.1, -0.05) is 29.8 Å². The molecule has 0 N–H and O–H groups in total. The molecular weight excluding hydrogens is 224 g/mol. The number of aryl methyl sites for hydroxylation is 1. The predicted octanol–water partition coefficient (Wildman–Crippen LogP) is 2.25. The van der Waals surface area contributed by atoms with Crippen molar-refractivity contribution in [2.75, 3.05) is 0 Å². The molecular formula is C14H15BNP. The van der Waals surface area contributed by atoms with Gasteiger partial charge in [0.25, 0.3) is 0 Å². The maximum Gasteiger partial charge on any atom is 0.219 e. The third-order valence-corrected chi connectivity index (χ3v) is 3.77. The second-order valence-corrected chi connectivity index (χ2v) is 5.37. The molecule has 1 heterocycles. The molecule has 3 heteroatoms. The minimum atomic E-state index is 1.00. The van der Waals surface area contributed by atoms with Crippen LogP contribution in [0.5, 0.6) is 0 Å². The standard InChI is InChI=1S/C14H15BNP/c1-9-6-7-10(17)8-11(9)14-15-12-4-2-3-5-13(12)16-14/h4-8,15H,2-3,17H2,1H3. The van der Waals surface area contributed by atoms with Gasteiger partial charge in [-0.05, 0) is 42.3 Å². The molecule has 0 saturated heterocycles. The summed E-state index contributed by atoms with van der Waals surface area (Å²) in [5, 5.41) is 1.23. The van der Waals surface area contributed by atoms with Crippen molar-refractivity contribution in [3.05, 3.63) is 52.6 Å². The van der Waals surface area contributed by atoms with Crippen LogP contribution >= 0.6 is 9.24 Å². The molecule has 1 aliphatic heterocycles. The number of aliphatic imine (C=N–C) groups is 1. The van der Waals surface area contributed by atoms with Crippen LogP contribution in [0.25, 0.3) is 0 Å². The number of nitrogens with zero attached hydrogens (tertiary/aromatic N) is 1. The molecule has 17 heavy (non-hydrogen) atoms. The quantitative estimate of drug-likeness (QED) is 0.526. The third kappa shape index (κ3) is 2.02. The molecule has 1 aromatic carbocycles. The van der Waals surface area contributed by atoms with Crippen LogP contribution in [0.4, 0.5) is 0 Å². The molecule has 3 rings (SSSR count). The van der Waals surface area contributed by atoms with E-state index in [1.54, 1.807) is 0 Å². The van der Waals surface area contributed by atoms with E-state index in [1.807, 2.05) is 0 Å². The summed E-state index contributed by atoms with van der Waals surface area (Å²) in [6.45, 7) is 2.16. The summed E-state index contributed by atoms with van der Waals surface area (Å²) in [4.78, 5) is 4.78. The zero-order chi connectivity index (χ0) is 11.8. The average Bonchev–Trinajstić information content (AvgIpc) is 2.75. The summed E-state index contributed by atoms with van der Waals surface area (Å²) in [5.41, 5.74) is 6.47. The van der Waals surface area contributed by atoms with Crippen molar-refractivity contribution in [3.8, 4) is 0 Å². The monoisotopic (exact) mass is 239 g/mol. The van der Waals surface area contributed by atoms with E-state index in [0.717, 1.165) is 13.7 Å². The summed E-state index contributed by atoms with van der Waals surface area (Å²) in [6, 6.07) is 6.52. The van der Waals surface area contributed by atoms with Gasteiger partial charge in [0.15, 0.2) is 0 Å². The van der Waals surface area contributed by atoms with Crippen LogP contribution in [0.1, 0.15) is 24.0 Å². The van der Waals surface area contributed by atoms with Gasteiger partial charge in [0.2, 0.25) is 7.28 Å².